The quantitative estimate of drug-likeness (QED) is 0.661. The molecular weight excluding hydrogens is 260 g/mol. The Morgan fingerprint density at radius 3 is 2.95 bits per heavy atom. The third-order valence-corrected chi connectivity index (χ3v) is 3.80. The summed E-state index contributed by atoms with van der Waals surface area (Å²) in [5.74, 6) is -0.417. The highest BCUT2D eigenvalue weighted by Gasteiger charge is 2.25. The SMILES string of the molecule is Cc1ccc([N+](=O)[O-])cc1N1CCC(CCC(=O)O)C1. The van der Waals surface area contributed by atoms with Gasteiger partial charge in [-0.15, -0.1) is 0 Å². The van der Waals surface area contributed by atoms with Crippen molar-refractivity contribution in [2.75, 3.05) is 18.0 Å². The van der Waals surface area contributed by atoms with Crippen LogP contribution in [-0.4, -0.2) is 29.1 Å². The maximum absolute atomic E-state index is 10.8. The number of anilines is 1. The van der Waals surface area contributed by atoms with Crippen molar-refractivity contribution in [3.8, 4) is 0 Å². The number of non-ortho nitro benzene ring substituents is 1. The van der Waals surface area contributed by atoms with E-state index in [-0.39, 0.29) is 17.0 Å². The van der Waals surface area contributed by atoms with Gasteiger partial charge in [-0.05, 0) is 31.2 Å². The van der Waals surface area contributed by atoms with Crippen molar-refractivity contribution < 1.29 is 14.8 Å². The number of hydrogen-bond donors (Lipinski definition) is 1. The lowest BCUT2D eigenvalue weighted by atomic mass is 10.0. The van der Waals surface area contributed by atoms with Crippen molar-refractivity contribution in [3.63, 3.8) is 0 Å². The first-order valence-corrected chi connectivity index (χ1v) is 6.69. The Balaban J connectivity index is 2.07. The van der Waals surface area contributed by atoms with Crippen LogP contribution in [0.1, 0.15) is 24.8 Å². The molecule has 0 spiro atoms. The number of rotatable bonds is 5. The minimum Gasteiger partial charge on any atom is -0.481 e. The number of aryl methyl sites for hydroxylation is 1. The van der Waals surface area contributed by atoms with E-state index in [2.05, 4.69) is 4.90 Å². The number of aliphatic carboxylic acids is 1. The minimum absolute atomic E-state index is 0.0968. The second-order valence-electron chi connectivity index (χ2n) is 5.26. The summed E-state index contributed by atoms with van der Waals surface area (Å²) < 4.78 is 0. The average molecular weight is 278 g/mol. The number of nitro benzene ring substituents is 1. The monoisotopic (exact) mass is 278 g/mol. The van der Waals surface area contributed by atoms with Crippen LogP contribution >= 0.6 is 0 Å². The van der Waals surface area contributed by atoms with Crippen LogP contribution < -0.4 is 4.90 Å². The average Bonchev–Trinajstić information content (AvgIpc) is 2.85. The summed E-state index contributed by atoms with van der Waals surface area (Å²) in [6.45, 7) is 3.53. The predicted octanol–water partition coefficient (Wildman–Crippen LogP) is 2.59. The van der Waals surface area contributed by atoms with Crippen LogP contribution in [0.5, 0.6) is 0 Å². The molecular formula is C14H18N2O4. The molecule has 1 aliphatic heterocycles. The van der Waals surface area contributed by atoms with E-state index in [1.54, 1.807) is 12.1 Å². The third-order valence-electron chi connectivity index (χ3n) is 3.80. The summed E-state index contributed by atoms with van der Waals surface area (Å²) in [5, 5.41) is 19.6. The highest BCUT2D eigenvalue weighted by Crippen LogP contribution is 2.31. The molecule has 1 fully saturated rings. The van der Waals surface area contributed by atoms with Gasteiger partial charge in [0, 0.05) is 37.3 Å². The number of carboxylic acid groups (broad SMARTS) is 1. The van der Waals surface area contributed by atoms with Gasteiger partial charge in [-0.1, -0.05) is 6.07 Å². The standard InChI is InChI=1S/C14H18N2O4/c1-10-2-4-12(16(19)20)8-13(10)15-7-6-11(9-15)3-5-14(17)18/h2,4,8,11H,3,5-7,9H2,1H3,(H,17,18). The van der Waals surface area contributed by atoms with Crippen molar-refractivity contribution in [1.82, 2.24) is 0 Å². The van der Waals surface area contributed by atoms with Crippen molar-refractivity contribution in [1.29, 1.82) is 0 Å². The number of nitro groups is 1. The van der Waals surface area contributed by atoms with Crippen LogP contribution in [0.15, 0.2) is 18.2 Å². The number of carboxylic acids is 1. The Morgan fingerprint density at radius 2 is 2.30 bits per heavy atom. The molecule has 0 amide bonds. The van der Waals surface area contributed by atoms with E-state index in [1.165, 1.54) is 6.07 Å². The summed E-state index contributed by atoms with van der Waals surface area (Å²) in [6, 6.07) is 4.88. The van der Waals surface area contributed by atoms with E-state index in [0.717, 1.165) is 30.8 Å². The molecule has 0 aromatic heterocycles. The van der Waals surface area contributed by atoms with Gasteiger partial charge in [-0.25, -0.2) is 0 Å². The van der Waals surface area contributed by atoms with Crippen molar-refractivity contribution >= 4 is 17.3 Å². The Kier molecular flexibility index (Phi) is 4.22. The topological polar surface area (TPSA) is 83.7 Å². The van der Waals surface area contributed by atoms with Crippen LogP contribution in [0.2, 0.25) is 0 Å². The van der Waals surface area contributed by atoms with E-state index in [9.17, 15) is 14.9 Å². The summed E-state index contributed by atoms with van der Waals surface area (Å²) in [7, 11) is 0. The van der Waals surface area contributed by atoms with Gasteiger partial charge in [-0.2, -0.15) is 0 Å². The summed E-state index contributed by atoms with van der Waals surface area (Å²) in [5.41, 5.74) is 1.99. The molecule has 1 unspecified atom stereocenters. The largest absolute Gasteiger partial charge is 0.481 e. The van der Waals surface area contributed by atoms with Crippen molar-refractivity contribution in [2.45, 2.75) is 26.2 Å². The molecule has 1 aromatic carbocycles. The van der Waals surface area contributed by atoms with Gasteiger partial charge in [0.15, 0.2) is 0 Å². The van der Waals surface area contributed by atoms with Gasteiger partial charge in [0.2, 0.25) is 0 Å². The lowest BCUT2D eigenvalue weighted by molar-refractivity contribution is -0.384. The Labute approximate surface area is 117 Å². The van der Waals surface area contributed by atoms with E-state index >= 15 is 0 Å². The molecule has 1 heterocycles. The van der Waals surface area contributed by atoms with Crippen LogP contribution in [0.3, 0.4) is 0 Å². The number of nitrogens with zero attached hydrogens (tertiary/aromatic N) is 2. The second kappa shape index (κ2) is 5.90. The van der Waals surface area contributed by atoms with Crippen LogP contribution in [0, 0.1) is 23.0 Å². The normalized spacial score (nSPS) is 18.2. The molecule has 0 radical (unpaired) electrons. The van der Waals surface area contributed by atoms with Crippen LogP contribution in [0.25, 0.3) is 0 Å². The molecule has 1 N–H and O–H groups in total. The summed E-state index contributed by atoms with van der Waals surface area (Å²) in [6.07, 6.45) is 1.79. The highest BCUT2D eigenvalue weighted by molar-refractivity contribution is 5.66. The number of benzene rings is 1. The lowest BCUT2D eigenvalue weighted by Gasteiger charge is -2.20. The van der Waals surface area contributed by atoms with E-state index in [1.807, 2.05) is 6.92 Å². The molecule has 0 aliphatic carbocycles. The molecule has 108 valence electrons. The van der Waals surface area contributed by atoms with E-state index in [0.29, 0.717) is 12.3 Å². The van der Waals surface area contributed by atoms with Gasteiger partial charge < -0.3 is 10.0 Å². The molecule has 1 saturated heterocycles. The zero-order valence-electron chi connectivity index (χ0n) is 11.4. The molecule has 1 atom stereocenters. The first-order valence-electron chi connectivity index (χ1n) is 6.69. The molecule has 0 saturated carbocycles. The first-order chi connectivity index (χ1) is 9.47. The third kappa shape index (κ3) is 3.26. The lowest BCUT2D eigenvalue weighted by Crippen LogP contribution is -2.20. The van der Waals surface area contributed by atoms with Gasteiger partial charge in [0.1, 0.15) is 0 Å². The predicted molar refractivity (Wildman–Crippen MR) is 75.0 cm³/mol. The zero-order valence-corrected chi connectivity index (χ0v) is 11.4. The Bertz CT molecular complexity index is 530. The second-order valence-corrected chi connectivity index (χ2v) is 5.26. The summed E-state index contributed by atoms with van der Waals surface area (Å²) in [4.78, 5) is 23.2. The van der Waals surface area contributed by atoms with Gasteiger partial charge in [0.05, 0.1) is 4.92 Å². The summed E-state index contributed by atoms with van der Waals surface area (Å²) >= 11 is 0. The number of carbonyl (C=O) groups is 1. The Morgan fingerprint density at radius 1 is 1.55 bits per heavy atom. The fraction of sp³-hybridized carbons (Fsp3) is 0.500. The Hall–Kier alpha value is -2.11. The molecule has 6 heteroatoms. The zero-order chi connectivity index (χ0) is 14.7. The van der Waals surface area contributed by atoms with Crippen molar-refractivity contribution in [3.05, 3.63) is 33.9 Å². The van der Waals surface area contributed by atoms with E-state index < -0.39 is 5.97 Å². The molecule has 20 heavy (non-hydrogen) atoms. The first kappa shape index (κ1) is 14.3. The molecule has 2 rings (SSSR count). The van der Waals surface area contributed by atoms with Crippen LogP contribution in [-0.2, 0) is 4.79 Å². The smallest absolute Gasteiger partial charge is 0.303 e. The minimum atomic E-state index is -0.769. The molecule has 6 nitrogen and oxygen atoms in total. The van der Waals surface area contributed by atoms with Crippen LogP contribution in [0.4, 0.5) is 11.4 Å². The van der Waals surface area contributed by atoms with Crippen molar-refractivity contribution in [2.24, 2.45) is 5.92 Å². The molecule has 0 bridgehead atoms. The molecule has 1 aliphatic rings. The van der Waals surface area contributed by atoms with Gasteiger partial charge in [0.25, 0.3) is 5.69 Å². The van der Waals surface area contributed by atoms with Gasteiger partial charge in [-0.3, -0.25) is 14.9 Å². The van der Waals surface area contributed by atoms with Gasteiger partial charge >= 0.3 is 5.97 Å². The fourth-order valence-corrected chi connectivity index (χ4v) is 2.67. The fourth-order valence-electron chi connectivity index (χ4n) is 2.67. The molecule has 1 aromatic rings. The number of hydrogen-bond acceptors (Lipinski definition) is 4. The highest BCUT2D eigenvalue weighted by atomic mass is 16.6. The van der Waals surface area contributed by atoms with E-state index in [4.69, 9.17) is 5.11 Å². The maximum Gasteiger partial charge on any atom is 0.303 e. The maximum atomic E-state index is 10.8.